The molecule has 1 saturated heterocycles. The number of hydrogen-bond donors (Lipinski definition) is 4. The van der Waals surface area contributed by atoms with Gasteiger partial charge in [0.15, 0.2) is 29.0 Å². The van der Waals surface area contributed by atoms with Crippen LogP contribution in [0.2, 0.25) is 0 Å². The predicted octanol–water partition coefficient (Wildman–Crippen LogP) is 1.96. The van der Waals surface area contributed by atoms with E-state index < -0.39 is 118 Å². The van der Waals surface area contributed by atoms with Crippen molar-refractivity contribution in [3.05, 3.63) is 58.7 Å². The summed E-state index contributed by atoms with van der Waals surface area (Å²) in [5.74, 6) is -18.7. The molecule has 2 amide bonds. The number of carbonyl (C=O) groups is 4. The minimum absolute atomic E-state index is 0.470. The second-order valence-electron chi connectivity index (χ2n) is 10.7. The number of pyridine rings is 1. The third-order valence-electron chi connectivity index (χ3n) is 7.74. The van der Waals surface area contributed by atoms with E-state index in [1.54, 1.807) is 0 Å². The maximum absolute atomic E-state index is 14.6. The van der Waals surface area contributed by atoms with Crippen LogP contribution in [-0.4, -0.2) is 69.3 Å². The third kappa shape index (κ3) is 6.44. The molecule has 1 aliphatic heterocycles. The molecule has 2 heterocycles. The monoisotopic (exact) mass is 629 g/mol. The molecule has 2 aromatic rings. The van der Waals surface area contributed by atoms with E-state index in [0.717, 1.165) is 19.2 Å². The number of aromatic nitrogens is 1. The minimum atomic E-state index is -2.43. The summed E-state index contributed by atoms with van der Waals surface area (Å²) < 4.78 is 81.6. The number of ether oxygens (including phenoxy) is 2. The quantitative estimate of drug-likeness (QED) is 0.168. The number of halogens is 5. The summed E-state index contributed by atoms with van der Waals surface area (Å²) in [5, 5.41) is 25.5. The van der Waals surface area contributed by atoms with Gasteiger partial charge in [-0.15, -0.1) is 0 Å². The predicted molar refractivity (Wildman–Crippen MR) is 137 cm³/mol. The van der Waals surface area contributed by atoms with Gasteiger partial charge in [0, 0.05) is 24.1 Å². The Morgan fingerprint density at radius 2 is 1.61 bits per heavy atom. The number of aliphatic hydroxyl groups excluding tert-OH is 1. The molecule has 11 nitrogen and oxygen atoms in total. The lowest BCUT2D eigenvalue weighted by molar-refractivity contribution is -0.183. The van der Waals surface area contributed by atoms with Gasteiger partial charge in [0.05, 0.1) is 18.1 Å². The van der Waals surface area contributed by atoms with Crippen molar-refractivity contribution in [3.8, 4) is 5.75 Å². The average molecular weight is 630 g/mol. The Bertz CT molecular complexity index is 1440. The van der Waals surface area contributed by atoms with E-state index in [-0.39, 0.29) is 0 Å². The Balaban J connectivity index is 1.75. The second-order valence-corrected chi connectivity index (χ2v) is 10.7. The highest BCUT2D eigenvalue weighted by molar-refractivity contribution is 5.98. The average Bonchev–Trinajstić information content (AvgIpc) is 2.96. The van der Waals surface area contributed by atoms with Gasteiger partial charge in [0.2, 0.25) is 17.8 Å². The molecule has 4 N–H and O–H groups in total. The van der Waals surface area contributed by atoms with Gasteiger partial charge < -0.3 is 30.3 Å². The summed E-state index contributed by atoms with van der Waals surface area (Å²) in [6.45, 7) is 2.29. The molecule has 1 saturated carbocycles. The number of aliphatic hydroxyl groups is 1. The smallest absolute Gasteiger partial charge is 0.348 e. The maximum Gasteiger partial charge on any atom is 0.348 e. The summed E-state index contributed by atoms with van der Waals surface area (Å²) in [4.78, 5) is 56.3. The number of carbonyl (C=O) groups excluding carboxylic acids is 4. The minimum Gasteiger partial charge on any atom is -0.505 e. The Kier molecular flexibility index (Phi) is 9.71. The number of rotatable bonds is 5. The highest BCUT2D eigenvalue weighted by atomic mass is 19.2. The first-order chi connectivity index (χ1) is 20.7. The molecule has 4 rings (SSSR count). The molecule has 0 radical (unpaired) electrons. The van der Waals surface area contributed by atoms with Gasteiger partial charge >= 0.3 is 11.9 Å². The molecule has 0 spiro atoms. The van der Waals surface area contributed by atoms with E-state index >= 15 is 0 Å². The van der Waals surface area contributed by atoms with Gasteiger partial charge in [0.25, 0.3) is 5.91 Å². The molecular weight excluding hydrogens is 601 g/mol. The number of aromatic hydroxyl groups is 1. The molecule has 2 aliphatic rings. The van der Waals surface area contributed by atoms with Crippen molar-refractivity contribution in [1.29, 1.82) is 0 Å². The fourth-order valence-corrected chi connectivity index (χ4v) is 4.87. The standard InChI is InChI=1S/C28H28F5N3O8/c1-10-23(38)14(9-13-16(29)18(31)20(33)19(32)17(13)30)35-25(39)21(36-26(40)22-15(37)7-4-8-34-22)11(2)43-28(42)24(44-27(10)41)12-5-3-6-12/h4,7-8,10-12,14,21,23-24,37-38H,3,5-6,9H2,1-2H3,(H,35,39)(H,36,40)/t10-,11-,14+,21+,23+,24?/m1/s1. The van der Waals surface area contributed by atoms with Crippen LogP contribution in [0.25, 0.3) is 0 Å². The Labute approximate surface area is 246 Å². The zero-order valence-corrected chi connectivity index (χ0v) is 23.3. The summed E-state index contributed by atoms with van der Waals surface area (Å²) in [7, 11) is 0. The van der Waals surface area contributed by atoms with Gasteiger partial charge in [-0.3, -0.25) is 14.4 Å². The van der Waals surface area contributed by atoms with Gasteiger partial charge in [-0.05, 0) is 38.8 Å². The van der Waals surface area contributed by atoms with Crippen LogP contribution in [0.3, 0.4) is 0 Å². The number of benzene rings is 1. The van der Waals surface area contributed by atoms with Crippen molar-refractivity contribution in [1.82, 2.24) is 15.6 Å². The van der Waals surface area contributed by atoms with Gasteiger partial charge in [-0.2, -0.15) is 0 Å². The van der Waals surface area contributed by atoms with Crippen molar-refractivity contribution < 1.29 is 60.8 Å². The summed E-state index contributed by atoms with van der Waals surface area (Å²) >= 11 is 0. The first-order valence-corrected chi connectivity index (χ1v) is 13.6. The van der Waals surface area contributed by atoms with Crippen LogP contribution in [0.1, 0.15) is 49.2 Å². The number of nitrogens with one attached hydrogen (secondary N) is 2. The van der Waals surface area contributed by atoms with Crippen molar-refractivity contribution in [3.63, 3.8) is 0 Å². The third-order valence-corrected chi connectivity index (χ3v) is 7.74. The van der Waals surface area contributed by atoms with Crippen LogP contribution in [0.15, 0.2) is 18.3 Å². The second kappa shape index (κ2) is 13.1. The summed E-state index contributed by atoms with van der Waals surface area (Å²) in [6.07, 6.45) is -3.46. The molecule has 1 unspecified atom stereocenters. The highest BCUT2D eigenvalue weighted by Gasteiger charge is 2.44. The normalized spacial score (nSPS) is 26.8. The van der Waals surface area contributed by atoms with Crippen LogP contribution >= 0.6 is 0 Å². The lowest BCUT2D eigenvalue weighted by atomic mass is 9.81. The van der Waals surface area contributed by atoms with E-state index in [1.807, 2.05) is 0 Å². The van der Waals surface area contributed by atoms with Crippen LogP contribution in [0.4, 0.5) is 22.0 Å². The first kappa shape index (κ1) is 32.6. The molecule has 44 heavy (non-hydrogen) atoms. The Morgan fingerprint density at radius 1 is 1.00 bits per heavy atom. The SMILES string of the molecule is C[C@H]1OC(=O)C(C2CCC2)OC(=O)[C@H](C)[C@H](O)[C@H](Cc2c(F)c(F)c(F)c(F)c2F)NC(=O)[C@H]1NC(=O)c1ncccc1O. The molecule has 0 bridgehead atoms. The molecule has 1 aromatic carbocycles. The zero-order valence-electron chi connectivity index (χ0n) is 23.3. The number of esters is 2. The van der Waals surface area contributed by atoms with E-state index in [2.05, 4.69) is 15.6 Å². The highest BCUT2D eigenvalue weighted by Crippen LogP contribution is 2.33. The van der Waals surface area contributed by atoms with Gasteiger partial charge in [0.1, 0.15) is 17.9 Å². The first-order valence-electron chi connectivity index (χ1n) is 13.6. The van der Waals surface area contributed by atoms with E-state index in [0.29, 0.717) is 19.3 Å². The van der Waals surface area contributed by atoms with Crippen molar-refractivity contribution >= 4 is 23.8 Å². The van der Waals surface area contributed by atoms with Crippen LogP contribution in [-0.2, 0) is 30.3 Å². The molecule has 16 heteroatoms. The molecule has 2 fully saturated rings. The summed E-state index contributed by atoms with van der Waals surface area (Å²) in [6, 6.07) is -1.30. The molecular formula is C28H28F5N3O8. The summed E-state index contributed by atoms with van der Waals surface area (Å²) in [5.41, 5.74) is -1.93. The fraction of sp³-hybridized carbons (Fsp3) is 0.464. The largest absolute Gasteiger partial charge is 0.505 e. The molecule has 1 aliphatic carbocycles. The molecule has 238 valence electrons. The van der Waals surface area contributed by atoms with Gasteiger partial charge in [-0.25, -0.2) is 31.7 Å². The van der Waals surface area contributed by atoms with Crippen LogP contribution < -0.4 is 10.6 Å². The number of amides is 2. The van der Waals surface area contributed by atoms with Crippen molar-refractivity contribution in [2.24, 2.45) is 11.8 Å². The number of cyclic esters (lactones) is 2. The van der Waals surface area contributed by atoms with Crippen molar-refractivity contribution in [2.45, 2.75) is 69.9 Å². The maximum atomic E-state index is 14.6. The molecule has 6 atom stereocenters. The van der Waals surface area contributed by atoms with E-state index in [4.69, 9.17) is 9.47 Å². The molecule has 1 aromatic heterocycles. The van der Waals surface area contributed by atoms with Crippen molar-refractivity contribution in [2.75, 3.05) is 0 Å². The lowest BCUT2D eigenvalue weighted by Gasteiger charge is -2.36. The Hall–Kier alpha value is -4.34. The Morgan fingerprint density at radius 3 is 2.18 bits per heavy atom. The van der Waals surface area contributed by atoms with E-state index in [9.17, 15) is 51.3 Å². The topological polar surface area (TPSA) is 164 Å². The lowest BCUT2D eigenvalue weighted by Crippen LogP contribution is -2.59. The van der Waals surface area contributed by atoms with Crippen LogP contribution in [0.5, 0.6) is 5.75 Å². The number of hydrogen-bond acceptors (Lipinski definition) is 9. The van der Waals surface area contributed by atoms with Crippen LogP contribution in [0, 0.1) is 40.9 Å². The van der Waals surface area contributed by atoms with E-state index in [1.165, 1.54) is 13.0 Å². The zero-order chi connectivity index (χ0) is 32.5. The fourth-order valence-electron chi connectivity index (χ4n) is 4.87. The number of nitrogens with zero attached hydrogens (tertiary/aromatic N) is 1. The van der Waals surface area contributed by atoms with Gasteiger partial charge in [-0.1, -0.05) is 6.42 Å².